The molecular formula is C18H21NO2. The van der Waals surface area contributed by atoms with E-state index in [0.29, 0.717) is 13.2 Å². The molecule has 21 heavy (non-hydrogen) atoms. The Morgan fingerprint density at radius 1 is 0.905 bits per heavy atom. The van der Waals surface area contributed by atoms with Gasteiger partial charge in [0.2, 0.25) is 0 Å². The zero-order valence-electron chi connectivity index (χ0n) is 12.8. The van der Waals surface area contributed by atoms with E-state index in [1.807, 2.05) is 6.07 Å². The van der Waals surface area contributed by atoms with Crippen LogP contribution in [-0.2, 0) is 0 Å². The highest BCUT2D eigenvalue weighted by Crippen LogP contribution is 2.33. The van der Waals surface area contributed by atoms with Gasteiger partial charge in [-0.05, 0) is 61.7 Å². The van der Waals surface area contributed by atoms with Crippen LogP contribution in [0.5, 0.6) is 11.5 Å². The summed E-state index contributed by atoms with van der Waals surface area (Å²) >= 11 is 0. The van der Waals surface area contributed by atoms with Crippen molar-refractivity contribution >= 4 is 5.69 Å². The zero-order valence-corrected chi connectivity index (χ0v) is 12.8. The average Bonchev–Trinajstić information content (AvgIpc) is 2.50. The first-order chi connectivity index (χ1) is 10.1. The molecule has 0 saturated carbocycles. The maximum atomic E-state index is 5.65. The van der Waals surface area contributed by atoms with Crippen LogP contribution in [0.25, 0.3) is 0 Å². The molecule has 0 saturated heterocycles. The van der Waals surface area contributed by atoms with Crippen LogP contribution in [0.15, 0.2) is 36.4 Å². The summed E-state index contributed by atoms with van der Waals surface area (Å²) in [5.41, 5.74) is 4.94. The maximum Gasteiger partial charge on any atom is 0.161 e. The predicted octanol–water partition coefficient (Wildman–Crippen LogP) is 4.25. The summed E-state index contributed by atoms with van der Waals surface area (Å²) in [6.45, 7) is 7.66. The first-order valence-electron chi connectivity index (χ1n) is 7.37. The molecule has 3 rings (SSSR count). The Morgan fingerprint density at radius 3 is 2.43 bits per heavy atom. The Kier molecular flexibility index (Phi) is 3.74. The molecule has 3 nitrogen and oxygen atoms in total. The van der Waals surface area contributed by atoms with Gasteiger partial charge in [0, 0.05) is 11.7 Å². The van der Waals surface area contributed by atoms with Crippen LogP contribution in [0, 0.1) is 13.8 Å². The summed E-state index contributed by atoms with van der Waals surface area (Å²) < 4.78 is 11.2. The minimum absolute atomic E-state index is 0.211. The Hall–Kier alpha value is -2.16. The second kappa shape index (κ2) is 5.68. The molecule has 2 aromatic rings. The molecule has 2 aromatic carbocycles. The van der Waals surface area contributed by atoms with Gasteiger partial charge in [0.25, 0.3) is 0 Å². The zero-order chi connectivity index (χ0) is 14.8. The number of benzene rings is 2. The van der Waals surface area contributed by atoms with Crippen LogP contribution < -0.4 is 14.8 Å². The summed E-state index contributed by atoms with van der Waals surface area (Å²) in [7, 11) is 0. The molecule has 0 aliphatic carbocycles. The van der Waals surface area contributed by atoms with Crippen LogP contribution in [0.4, 0.5) is 5.69 Å². The normalized spacial score (nSPS) is 14.6. The van der Waals surface area contributed by atoms with E-state index in [0.717, 1.165) is 17.2 Å². The van der Waals surface area contributed by atoms with E-state index in [4.69, 9.17) is 9.47 Å². The Balaban J connectivity index is 1.78. The molecule has 1 aliphatic heterocycles. The van der Waals surface area contributed by atoms with Crippen molar-refractivity contribution in [1.29, 1.82) is 0 Å². The van der Waals surface area contributed by atoms with Crippen molar-refractivity contribution in [1.82, 2.24) is 0 Å². The molecule has 110 valence electrons. The molecule has 1 heterocycles. The number of rotatable bonds is 3. The average molecular weight is 283 g/mol. The second-order valence-electron chi connectivity index (χ2n) is 5.57. The van der Waals surface area contributed by atoms with Gasteiger partial charge in [-0.15, -0.1) is 0 Å². The molecule has 0 aromatic heterocycles. The van der Waals surface area contributed by atoms with Gasteiger partial charge in [0.1, 0.15) is 13.2 Å². The van der Waals surface area contributed by atoms with Gasteiger partial charge in [-0.2, -0.15) is 0 Å². The molecule has 0 fully saturated rings. The lowest BCUT2D eigenvalue weighted by atomic mass is 10.1. The van der Waals surface area contributed by atoms with Gasteiger partial charge in [-0.3, -0.25) is 0 Å². The van der Waals surface area contributed by atoms with Crippen LogP contribution >= 0.6 is 0 Å². The van der Waals surface area contributed by atoms with Crippen LogP contribution in [-0.4, -0.2) is 13.2 Å². The van der Waals surface area contributed by atoms with Crippen molar-refractivity contribution in [2.45, 2.75) is 26.8 Å². The van der Waals surface area contributed by atoms with Crippen molar-refractivity contribution in [3.05, 3.63) is 53.1 Å². The van der Waals surface area contributed by atoms with E-state index < -0.39 is 0 Å². The molecular weight excluding hydrogens is 262 g/mol. The fourth-order valence-electron chi connectivity index (χ4n) is 2.49. The van der Waals surface area contributed by atoms with E-state index in [1.54, 1.807) is 0 Å². The fraction of sp³-hybridized carbons (Fsp3) is 0.333. The van der Waals surface area contributed by atoms with E-state index in [9.17, 15) is 0 Å². The molecule has 1 unspecified atom stereocenters. The molecule has 1 aliphatic rings. The fourth-order valence-corrected chi connectivity index (χ4v) is 2.49. The second-order valence-corrected chi connectivity index (χ2v) is 5.57. The third kappa shape index (κ3) is 2.97. The van der Waals surface area contributed by atoms with E-state index in [2.05, 4.69) is 56.4 Å². The standard InChI is InChI=1S/C18H21NO2/c1-12-4-6-16(10-13(12)2)19-14(3)15-5-7-17-18(11-15)21-9-8-20-17/h4-7,10-11,14,19H,8-9H2,1-3H3. The Labute approximate surface area is 125 Å². The van der Waals surface area contributed by atoms with Crippen LogP contribution in [0.2, 0.25) is 0 Å². The van der Waals surface area contributed by atoms with Gasteiger partial charge in [0.15, 0.2) is 11.5 Å². The largest absolute Gasteiger partial charge is 0.486 e. The number of hydrogen-bond donors (Lipinski definition) is 1. The summed E-state index contributed by atoms with van der Waals surface area (Å²) in [6.07, 6.45) is 0. The number of fused-ring (bicyclic) bond motifs is 1. The lowest BCUT2D eigenvalue weighted by Gasteiger charge is -2.21. The highest BCUT2D eigenvalue weighted by Gasteiger charge is 2.14. The van der Waals surface area contributed by atoms with Crippen LogP contribution in [0.1, 0.15) is 29.7 Å². The number of hydrogen-bond acceptors (Lipinski definition) is 3. The highest BCUT2D eigenvalue weighted by atomic mass is 16.6. The van der Waals surface area contributed by atoms with E-state index >= 15 is 0 Å². The predicted molar refractivity (Wildman–Crippen MR) is 85.4 cm³/mol. The van der Waals surface area contributed by atoms with Crippen LogP contribution in [0.3, 0.4) is 0 Å². The summed E-state index contributed by atoms with van der Waals surface area (Å²) in [6, 6.07) is 12.8. The Morgan fingerprint density at radius 2 is 1.67 bits per heavy atom. The Bertz CT molecular complexity index is 652. The SMILES string of the molecule is Cc1ccc(NC(C)c2ccc3c(c2)OCCO3)cc1C. The molecule has 1 N–H and O–H groups in total. The molecule has 0 radical (unpaired) electrons. The van der Waals surface area contributed by atoms with Crippen molar-refractivity contribution in [3.63, 3.8) is 0 Å². The third-order valence-corrected chi connectivity index (χ3v) is 3.96. The lowest BCUT2D eigenvalue weighted by Crippen LogP contribution is -2.16. The number of anilines is 1. The van der Waals surface area contributed by atoms with Crippen molar-refractivity contribution in [2.75, 3.05) is 18.5 Å². The van der Waals surface area contributed by atoms with E-state index in [-0.39, 0.29) is 6.04 Å². The number of ether oxygens (including phenoxy) is 2. The monoisotopic (exact) mass is 283 g/mol. The number of nitrogens with one attached hydrogen (secondary N) is 1. The van der Waals surface area contributed by atoms with Crippen molar-refractivity contribution < 1.29 is 9.47 Å². The lowest BCUT2D eigenvalue weighted by molar-refractivity contribution is 0.171. The topological polar surface area (TPSA) is 30.5 Å². The third-order valence-electron chi connectivity index (χ3n) is 3.96. The summed E-state index contributed by atoms with van der Waals surface area (Å²) in [5.74, 6) is 1.68. The van der Waals surface area contributed by atoms with Gasteiger partial charge >= 0.3 is 0 Å². The van der Waals surface area contributed by atoms with Crippen molar-refractivity contribution in [3.8, 4) is 11.5 Å². The van der Waals surface area contributed by atoms with Gasteiger partial charge in [-0.25, -0.2) is 0 Å². The summed E-state index contributed by atoms with van der Waals surface area (Å²) in [4.78, 5) is 0. The molecule has 0 amide bonds. The number of aryl methyl sites for hydroxylation is 2. The van der Waals surface area contributed by atoms with Gasteiger partial charge < -0.3 is 14.8 Å². The quantitative estimate of drug-likeness (QED) is 0.913. The first kappa shape index (κ1) is 13.8. The smallest absolute Gasteiger partial charge is 0.161 e. The maximum absolute atomic E-state index is 5.65. The van der Waals surface area contributed by atoms with Crippen molar-refractivity contribution in [2.24, 2.45) is 0 Å². The minimum Gasteiger partial charge on any atom is -0.486 e. The molecule has 0 bridgehead atoms. The molecule has 1 atom stereocenters. The summed E-state index contributed by atoms with van der Waals surface area (Å²) in [5, 5.41) is 3.54. The van der Waals surface area contributed by atoms with Gasteiger partial charge in [0.05, 0.1) is 0 Å². The first-order valence-corrected chi connectivity index (χ1v) is 7.37. The van der Waals surface area contributed by atoms with Gasteiger partial charge in [-0.1, -0.05) is 12.1 Å². The van der Waals surface area contributed by atoms with E-state index in [1.165, 1.54) is 16.7 Å². The minimum atomic E-state index is 0.211. The highest BCUT2D eigenvalue weighted by molar-refractivity contribution is 5.51. The molecule has 0 spiro atoms. The molecule has 3 heteroatoms.